The Kier molecular flexibility index (Phi) is 5.23. The minimum absolute atomic E-state index is 0.184. The van der Waals surface area contributed by atoms with Crippen LogP contribution in [-0.4, -0.2) is 17.8 Å². The summed E-state index contributed by atoms with van der Waals surface area (Å²) in [6, 6.07) is 18.8. The molecule has 1 aliphatic heterocycles. The Hall–Kier alpha value is -3.67. The van der Waals surface area contributed by atoms with Crippen LogP contribution in [0, 0.1) is 6.92 Å². The lowest BCUT2D eigenvalue weighted by molar-refractivity contribution is -0.121. The van der Waals surface area contributed by atoms with E-state index in [4.69, 9.17) is 0 Å². The first-order chi connectivity index (χ1) is 14.4. The number of hydrogen-bond donors (Lipinski definition) is 2. The Balaban J connectivity index is 1.47. The standard InChI is InChI=1S/C24H23N3O3/c1-15-14-18(10-11-21(15)27-22(28)12-13-23(27)29)26-24(30)25-16(2)19-9-5-7-17-6-3-4-8-20(17)19/h3-11,14,16H,12-13H2,1-2H3,(H2,25,26,30). The van der Waals surface area contributed by atoms with Crippen LogP contribution in [0.2, 0.25) is 0 Å². The van der Waals surface area contributed by atoms with Gasteiger partial charge in [-0.25, -0.2) is 4.79 Å². The molecule has 1 atom stereocenters. The number of urea groups is 1. The molecule has 4 amide bonds. The first-order valence-corrected chi connectivity index (χ1v) is 9.95. The highest BCUT2D eigenvalue weighted by molar-refractivity contribution is 6.20. The first-order valence-electron chi connectivity index (χ1n) is 9.95. The fourth-order valence-corrected chi connectivity index (χ4v) is 3.90. The molecule has 0 bridgehead atoms. The van der Waals surface area contributed by atoms with Gasteiger partial charge < -0.3 is 10.6 Å². The maximum absolute atomic E-state index is 12.5. The average molecular weight is 401 g/mol. The smallest absolute Gasteiger partial charge is 0.319 e. The number of amides is 4. The molecule has 1 heterocycles. The van der Waals surface area contributed by atoms with Crippen LogP contribution in [0.3, 0.4) is 0 Å². The molecule has 3 aromatic rings. The molecular weight excluding hydrogens is 378 g/mol. The molecule has 0 aliphatic carbocycles. The van der Waals surface area contributed by atoms with Gasteiger partial charge in [-0.3, -0.25) is 14.5 Å². The van der Waals surface area contributed by atoms with Crippen LogP contribution in [0.4, 0.5) is 16.2 Å². The molecule has 0 saturated carbocycles. The number of carbonyl (C=O) groups is 3. The fourth-order valence-electron chi connectivity index (χ4n) is 3.90. The molecule has 1 unspecified atom stereocenters. The van der Waals surface area contributed by atoms with Crippen molar-refractivity contribution in [1.29, 1.82) is 0 Å². The highest BCUT2D eigenvalue weighted by Crippen LogP contribution is 2.28. The number of carbonyl (C=O) groups excluding carboxylic acids is 3. The highest BCUT2D eigenvalue weighted by atomic mass is 16.2. The molecule has 30 heavy (non-hydrogen) atoms. The zero-order valence-corrected chi connectivity index (χ0v) is 16.9. The van der Waals surface area contributed by atoms with Crippen LogP contribution in [0.15, 0.2) is 60.7 Å². The number of nitrogens with zero attached hydrogens (tertiary/aromatic N) is 1. The minimum atomic E-state index is -0.323. The summed E-state index contributed by atoms with van der Waals surface area (Å²) in [6.45, 7) is 3.76. The van der Waals surface area contributed by atoms with E-state index in [-0.39, 0.29) is 36.7 Å². The van der Waals surface area contributed by atoms with Crippen LogP contribution < -0.4 is 15.5 Å². The number of benzene rings is 3. The molecule has 1 fully saturated rings. The zero-order valence-electron chi connectivity index (χ0n) is 16.9. The second kappa shape index (κ2) is 7.99. The number of fused-ring (bicyclic) bond motifs is 1. The normalized spacial score (nSPS) is 14.8. The number of aryl methyl sites for hydroxylation is 1. The molecule has 3 aromatic carbocycles. The van der Waals surface area contributed by atoms with E-state index >= 15 is 0 Å². The molecule has 0 aromatic heterocycles. The minimum Gasteiger partial charge on any atom is -0.331 e. The summed E-state index contributed by atoms with van der Waals surface area (Å²) in [4.78, 5) is 37.7. The van der Waals surface area contributed by atoms with E-state index in [0.717, 1.165) is 21.9 Å². The lowest BCUT2D eigenvalue weighted by Crippen LogP contribution is -2.31. The van der Waals surface area contributed by atoms with Gasteiger partial charge >= 0.3 is 6.03 Å². The second-order valence-corrected chi connectivity index (χ2v) is 7.51. The summed E-state index contributed by atoms with van der Waals surface area (Å²) in [6.07, 6.45) is 0.486. The summed E-state index contributed by atoms with van der Waals surface area (Å²) in [5, 5.41) is 8.04. The predicted molar refractivity (Wildman–Crippen MR) is 117 cm³/mol. The average Bonchev–Trinajstić information content (AvgIpc) is 3.06. The maximum Gasteiger partial charge on any atom is 0.319 e. The van der Waals surface area contributed by atoms with Crippen LogP contribution >= 0.6 is 0 Å². The number of hydrogen-bond acceptors (Lipinski definition) is 3. The third-order valence-electron chi connectivity index (χ3n) is 5.38. The van der Waals surface area contributed by atoms with E-state index in [9.17, 15) is 14.4 Å². The van der Waals surface area contributed by atoms with E-state index in [0.29, 0.717) is 11.4 Å². The Bertz CT molecular complexity index is 1130. The van der Waals surface area contributed by atoms with Gasteiger partial charge in [0.2, 0.25) is 11.8 Å². The van der Waals surface area contributed by atoms with Gasteiger partial charge in [0.05, 0.1) is 11.7 Å². The van der Waals surface area contributed by atoms with E-state index in [1.165, 1.54) is 4.90 Å². The number of rotatable bonds is 4. The van der Waals surface area contributed by atoms with Crippen molar-refractivity contribution in [3.63, 3.8) is 0 Å². The summed E-state index contributed by atoms with van der Waals surface area (Å²) in [5.41, 5.74) is 2.95. The van der Waals surface area contributed by atoms with Gasteiger partial charge in [0.25, 0.3) is 0 Å². The summed E-state index contributed by atoms with van der Waals surface area (Å²) < 4.78 is 0. The third kappa shape index (κ3) is 3.76. The Labute approximate surface area is 174 Å². The van der Waals surface area contributed by atoms with E-state index < -0.39 is 0 Å². The van der Waals surface area contributed by atoms with E-state index in [1.54, 1.807) is 18.2 Å². The van der Waals surface area contributed by atoms with Crippen molar-refractivity contribution >= 4 is 40.0 Å². The number of anilines is 2. The van der Waals surface area contributed by atoms with Gasteiger partial charge in [-0.2, -0.15) is 0 Å². The number of imide groups is 1. The Morgan fingerprint density at radius 1 is 0.967 bits per heavy atom. The van der Waals surface area contributed by atoms with Crippen molar-refractivity contribution < 1.29 is 14.4 Å². The van der Waals surface area contributed by atoms with E-state index in [2.05, 4.69) is 10.6 Å². The molecular formula is C24H23N3O3. The largest absolute Gasteiger partial charge is 0.331 e. The first kappa shape index (κ1) is 19.6. The zero-order chi connectivity index (χ0) is 21.3. The molecule has 6 nitrogen and oxygen atoms in total. The van der Waals surface area contributed by atoms with Crippen molar-refractivity contribution in [1.82, 2.24) is 5.32 Å². The molecule has 0 spiro atoms. The van der Waals surface area contributed by atoms with Gasteiger partial charge in [0.1, 0.15) is 0 Å². The quantitative estimate of drug-likeness (QED) is 0.623. The fraction of sp³-hybridized carbons (Fsp3) is 0.208. The van der Waals surface area contributed by atoms with Gasteiger partial charge in [-0.15, -0.1) is 0 Å². The van der Waals surface area contributed by atoms with Crippen LogP contribution in [0.1, 0.15) is 36.9 Å². The number of nitrogens with one attached hydrogen (secondary N) is 2. The van der Waals surface area contributed by atoms with Crippen LogP contribution in [0.5, 0.6) is 0 Å². The van der Waals surface area contributed by atoms with Crippen molar-refractivity contribution in [2.45, 2.75) is 32.7 Å². The Morgan fingerprint density at radius 3 is 2.40 bits per heavy atom. The Morgan fingerprint density at radius 2 is 1.67 bits per heavy atom. The van der Waals surface area contributed by atoms with Gasteiger partial charge in [0, 0.05) is 18.5 Å². The second-order valence-electron chi connectivity index (χ2n) is 7.51. The monoisotopic (exact) mass is 401 g/mol. The van der Waals surface area contributed by atoms with Crippen molar-refractivity contribution in [3.05, 3.63) is 71.8 Å². The van der Waals surface area contributed by atoms with Crippen molar-refractivity contribution in [3.8, 4) is 0 Å². The summed E-state index contributed by atoms with van der Waals surface area (Å²) in [5.74, 6) is -0.379. The highest BCUT2D eigenvalue weighted by Gasteiger charge is 2.31. The summed E-state index contributed by atoms with van der Waals surface area (Å²) >= 11 is 0. The topological polar surface area (TPSA) is 78.5 Å². The molecule has 1 saturated heterocycles. The lowest BCUT2D eigenvalue weighted by Gasteiger charge is -2.19. The molecule has 2 N–H and O–H groups in total. The van der Waals surface area contributed by atoms with Crippen LogP contribution in [0.25, 0.3) is 10.8 Å². The lowest BCUT2D eigenvalue weighted by atomic mass is 10.00. The predicted octanol–water partition coefficient (Wildman–Crippen LogP) is 4.68. The van der Waals surface area contributed by atoms with E-state index in [1.807, 2.05) is 56.3 Å². The summed E-state index contributed by atoms with van der Waals surface area (Å²) in [7, 11) is 0. The SMILES string of the molecule is Cc1cc(NC(=O)NC(C)c2cccc3ccccc23)ccc1N1C(=O)CCC1=O. The molecule has 1 aliphatic rings. The van der Waals surface area contributed by atoms with Gasteiger partial charge in [-0.1, -0.05) is 42.5 Å². The van der Waals surface area contributed by atoms with Gasteiger partial charge in [-0.05, 0) is 53.9 Å². The molecule has 6 heteroatoms. The van der Waals surface area contributed by atoms with Crippen molar-refractivity contribution in [2.75, 3.05) is 10.2 Å². The molecule has 0 radical (unpaired) electrons. The maximum atomic E-state index is 12.5. The van der Waals surface area contributed by atoms with Crippen molar-refractivity contribution in [2.24, 2.45) is 0 Å². The van der Waals surface area contributed by atoms with Gasteiger partial charge in [0.15, 0.2) is 0 Å². The van der Waals surface area contributed by atoms with Crippen LogP contribution in [-0.2, 0) is 9.59 Å². The molecule has 4 rings (SSSR count). The third-order valence-corrected chi connectivity index (χ3v) is 5.38. The molecule has 152 valence electrons.